The maximum atomic E-state index is 11.5. The molecule has 1 saturated carbocycles. The maximum Gasteiger partial charge on any atom is 0.284 e. The molecule has 1 rings (SSSR count). The lowest BCUT2D eigenvalue weighted by atomic mass is 9.78. The Hall–Kier alpha value is -0.130. The Morgan fingerprint density at radius 1 is 1.31 bits per heavy atom. The third kappa shape index (κ3) is 2.76. The van der Waals surface area contributed by atoms with Gasteiger partial charge in [0.1, 0.15) is 4.87 Å². The highest BCUT2D eigenvalue weighted by molar-refractivity contribution is 7.87. The van der Waals surface area contributed by atoms with Crippen molar-refractivity contribution in [2.24, 2.45) is 17.6 Å². The lowest BCUT2D eigenvalue weighted by Crippen LogP contribution is -2.54. The fourth-order valence-corrected chi connectivity index (χ4v) is 3.80. The molecule has 3 N–H and O–H groups in total. The van der Waals surface area contributed by atoms with Crippen LogP contribution >= 0.6 is 0 Å². The van der Waals surface area contributed by atoms with Crippen LogP contribution in [0.4, 0.5) is 0 Å². The Kier molecular flexibility index (Phi) is 4.37. The van der Waals surface area contributed by atoms with Crippen LogP contribution in [0.25, 0.3) is 0 Å². The van der Waals surface area contributed by atoms with Gasteiger partial charge < -0.3 is 5.73 Å². The van der Waals surface area contributed by atoms with E-state index in [1.165, 1.54) is 0 Å². The first kappa shape index (κ1) is 13.9. The summed E-state index contributed by atoms with van der Waals surface area (Å²) in [6, 6.07) is 0. The monoisotopic (exact) mass is 249 g/mol. The topological polar surface area (TPSA) is 80.4 Å². The Labute approximate surface area is 98.4 Å². The molecule has 0 saturated heterocycles. The molecule has 4 nitrogen and oxygen atoms in total. The molecule has 0 aromatic heterocycles. The Bertz CT molecular complexity index is 320. The van der Waals surface area contributed by atoms with Crippen LogP contribution in [-0.2, 0) is 10.1 Å². The molecule has 1 aliphatic rings. The molecule has 16 heavy (non-hydrogen) atoms. The van der Waals surface area contributed by atoms with Crippen LogP contribution in [0.1, 0.15) is 52.4 Å². The highest BCUT2D eigenvalue weighted by atomic mass is 32.2. The predicted molar refractivity (Wildman–Crippen MR) is 64.5 cm³/mol. The van der Waals surface area contributed by atoms with Crippen molar-refractivity contribution in [3.05, 3.63) is 0 Å². The van der Waals surface area contributed by atoms with Crippen molar-refractivity contribution in [3.63, 3.8) is 0 Å². The van der Waals surface area contributed by atoms with Crippen molar-refractivity contribution in [1.29, 1.82) is 0 Å². The van der Waals surface area contributed by atoms with Crippen LogP contribution in [0.3, 0.4) is 0 Å². The molecule has 96 valence electrons. The van der Waals surface area contributed by atoms with Gasteiger partial charge in [0, 0.05) is 0 Å². The van der Waals surface area contributed by atoms with Gasteiger partial charge in [-0.25, -0.2) is 0 Å². The zero-order valence-electron chi connectivity index (χ0n) is 10.1. The average molecular weight is 249 g/mol. The molecule has 0 amide bonds. The number of hydrogen-bond acceptors (Lipinski definition) is 3. The zero-order valence-corrected chi connectivity index (χ0v) is 11.0. The molecule has 0 aromatic rings. The van der Waals surface area contributed by atoms with E-state index >= 15 is 0 Å². The summed E-state index contributed by atoms with van der Waals surface area (Å²) in [5.41, 5.74) is 5.97. The summed E-state index contributed by atoms with van der Waals surface area (Å²) in [5.74, 6) is 0.544. The van der Waals surface area contributed by atoms with E-state index in [-0.39, 0.29) is 5.92 Å². The second-order valence-corrected chi connectivity index (χ2v) is 6.85. The molecule has 0 bridgehead atoms. The van der Waals surface area contributed by atoms with Gasteiger partial charge in [0.05, 0.1) is 0 Å². The molecule has 0 radical (unpaired) electrons. The molecule has 1 fully saturated rings. The average Bonchev–Trinajstić information content (AvgIpc) is 2.17. The quantitative estimate of drug-likeness (QED) is 0.748. The molecular formula is C11H23NO3S. The van der Waals surface area contributed by atoms with E-state index in [0.717, 1.165) is 25.7 Å². The van der Waals surface area contributed by atoms with Crippen molar-refractivity contribution < 1.29 is 13.0 Å². The summed E-state index contributed by atoms with van der Waals surface area (Å²) in [4.78, 5) is -1.43. The largest absolute Gasteiger partial charge is 0.310 e. The number of rotatable bonds is 4. The zero-order chi connectivity index (χ0) is 12.4. The molecule has 0 aliphatic heterocycles. The maximum absolute atomic E-state index is 11.5. The summed E-state index contributed by atoms with van der Waals surface area (Å²) >= 11 is 0. The fourth-order valence-electron chi connectivity index (χ4n) is 2.68. The van der Waals surface area contributed by atoms with E-state index in [2.05, 4.69) is 6.92 Å². The van der Waals surface area contributed by atoms with Gasteiger partial charge in [-0.3, -0.25) is 4.55 Å². The highest BCUT2D eigenvalue weighted by Crippen LogP contribution is 2.38. The van der Waals surface area contributed by atoms with Gasteiger partial charge in [-0.05, 0) is 31.1 Å². The van der Waals surface area contributed by atoms with Gasteiger partial charge in [0.2, 0.25) is 0 Å². The lowest BCUT2D eigenvalue weighted by Gasteiger charge is -2.38. The van der Waals surface area contributed by atoms with Crippen molar-refractivity contribution >= 4 is 10.1 Å². The van der Waals surface area contributed by atoms with Crippen LogP contribution in [0.5, 0.6) is 0 Å². The molecule has 0 heterocycles. The van der Waals surface area contributed by atoms with E-state index in [0.29, 0.717) is 18.8 Å². The highest BCUT2D eigenvalue weighted by Gasteiger charge is 2.45. The minimum absolute atomic E-state index is 0.0985. The van der Waals surface area contributed by atoms with Crippen LogP contribution in [0, 0.1) is 11.8 Å². The Morgan fingerprint density at radius 3 is 2.19 bits per heavy atom. The van der Waals surface area contributed by atoms with Gasteiger partial charge in [0.15, 0.2) is 0 Å². The first-order valence-corrected chi connectivity index (χ1v) is 7.51. The summed E-state index contributed by atoms with van der Waals surface area (Å²) in [6.45, 7) is 4.06. The smallest absolute Gasteiger partial charge is 0.284 e. The standard InChI is InChI=1S/C11H23NO3S/c1-3-8-11(12,16(13,14)15)10-6-4-9(2)5-7-10/h9-10H,3-8,12H2,1-2H3,(H,13,14,15). The second-order valence-electron chi connectivity index (χ2n) is 5.14. The molecule has 0 spiro atoms. The van der Waals surface area contributed by atoms with Gasteiger partial charge >= 0.3 is 0 Å². The summed E-state index contributed by atoms with van der Waals surface area (Å²) in [5, 5.41) is 0. The predicted octanol–water partition coefficient (Wildman–Crippen LogP) is 2.16. The van der Waals surface area contributed by atoms with Crippen molar-refractivity contribution in [1.82, 2.24) is 0 Å². The molecule has 5 heteroatoms. The first-order chi connectivity index (χ1) is 7.31. The summed E-state index contributed by atoms with van der Waals surface area (Å²) < 4.78 is 32.2. The van der Waals surface area contributed by atoms with E-state index in [4.69, 9.17) is 5.73 Å². The Balaban J connectivity index is 2.86. The van der Waals surface area contributed by atoms with Gasteiger partial charge in [-0.1, -0.05) is 33.1 Å². The molecule has 1 atom stereocenters. The molecular weight excluding hydrogens is 226 g/mol. The van der Waals surface area contributed by atoms with Crippen molar-refractivity contribution in [3.8, 4) is 0 Å². The molecule has 0 aromatic carbocycles. The van der Waals surface area contributed by atoms with Crippen LogP contribution in [0.2, 0.25) is 0 Å². The fraction of sp³-hybridized carbons (Fsp3) is 1.00. The van der Waals surface area contributed by atoms with Gasteiger partial charge in [0.25, 0.3) is 10.1 Å². The SMILES string of the molecule is CCCC(N)(C1CCC(C)CC1)S(=O)(=O)O. The van der Waals surface area contributed by atoms with Crippen molar-refractivity contribution in [2.45, 2.75) is 57.2 Å². The molecule has 1 aliphatic carbocycles. The minimum atomic E-state index is -4.17. The normalized spacial score (nSPS) is 31.0. The van der Waals surface area contributed by atoms with Gasteiger partial charge in [-0.15, -0.1) is 0 Å². The Morgan fingerprint density at radius 2 is 1.81 bits per heavy atom. The van der Waals surface area contributed by atoms with Gasteiger partial charge in [-0.2, -0.15) is 8.42 Å². The minimum Gasteiger partial charge on any atom is -0.310 e. The number of nitrogens with two attached hydrogens (primary N) is 1. The second kappa shape index (κ2) is 5.02. The van der Waals surface area contributed by atoms with Crippen LogP contribution < -0.4 is 5.73 Å². The first-order valence-electron chi connectivity index (χ1n) is 6.07. The van der Waals surface area contributed by atoms with Crippen LogP contribution in [-0.4, -0.2) is 17.8 Å². The van der Waals surface area contributed by atoms with Crippen molar-refractivity contribution in [2.75, 3.05) is 0 Å². The number of hydrogen-bond donors (Lipinski definition) is 2. The van der Waals surface area contributed by atoms with E-state index in [1.54, 1.807) is 0 Å². The summed E-state index contributed by atoms with van der Waals surface area (Å²) in [6.07, 6.45) is 4.62. The van der Waals surface area contributed by atoms with E-state index < -0.39 is 15.0 Å². The third-order valence-electron chi connectivity index (χ3n) is 3.83. The molecule has 1 unspecified atom stereocenters. The van der Waals surface area contributed by atoms with Crippen LogP contribution in [0.15, 0.2) is 0 Å². The van der Waals surface area contributed by atoms with E-state index in [9.17, 15) is 13.0 Å². The summed E-state index contributed by atoms with van der Waals surface area (Å²) in [7, 11) is -4.17. The lowest BCUT2D eigenvalue weighted by molar-refractivity contribution is 0.211. The third-order valence-corrected chi connectivity index (χ3v) is 5.33. The van der Waals surface area contributed by atoms with E-state index in [1.807, 2.05) is 6.92 Å².